The number of ketones is 1. The lowest BCUT2D eigenvalue weighted by atomic mass is 10.0. The van der Waals surface area contributed by atoms with E-state index >= 15 is 0 Å². The summed E-state index contributed by atoms with van der Waals surface area (Å²) in [5.41, 5.74) is 1.94. The Morgan fingerprint density at radius 2 is 2.27 bits per heavy atom. The summed E-state index contributed by atoms with van der Waals surface area (Å²) in [6, 6.07) is 5.74. The largest absolute Gasteiger partial charge is 0.294 e. The molecule has 0 N–H and O–H groups in total. The van der Waals surface area contributed by atoms with Crippen molar-refractivity contribution < 1.29 is 4.79 Å². The molecule has 15 heavy (non-hydrogen) atoms. The van der Waals surface area contributed by atoms with Crippen LogP contribution >= 0.6 is 15.9 Å². The second kappa shape index (κ2) is 5.86. The molecule has 0 unspecified atom stereocenters. The number of allylic oxidation sites excluding steroid dienone is 1. The highest BCUT2D eigenvalue weighted by Gasteiger charge is 2.06. The Hall–Kier alpha value is -0.890. The highest BCUT2D eigenvalue weighted by atomic mass is 79.9. The molecule has 1 aromatic rings. The summed E-state index contributed by atoms with van der Waals surface area (Å²) in [7, 11) is 0. The number of aryl methyl sites for hydroxylation is 1. The van der Waals surface area contributed by atoms with Gasteiger partial charge in [0.2, 0.25) is 0 Å². The lowest BCUT2D eigenvalue weighted by Crippen LogP contribution is -1.98. The molecule has 0 aliphatic rings. The number of carbonyl (C=O) groups excluding carboxylic acids is 1. The number of hydrogen-bond donors (Lipinski definition) is 0. The molecule has 0 radical (unpaired) electrons. The summed E-state index contributed by atoms with van der Waals surface area (Å²) in [6.45, 7) is 5.65. The van der Waals surface area contributed by atoms with Crippen LogP contribution in [0.1, 0.15) is 35.2 Å². The highest BCUT2D eigenvalue weighted by molar-refractivity contribution is 9.10. The van der Waals surface area contributed by atoms with Crippen LogP contribution in [-0.2, 0) is 0 Å². The molecular weight excluding hydrogens is 252 g/mol. The standard InChI is InChI=1S/C13H15BrO/c1-3-4-5-6-13(15)11-8-7-10(2)12(14)9-11/h3,7-9H,1,4-6H2,2H3. The molecule has 1 nitrogen and oxygen atoms in total. The van der Waals surface area contributed by atoms with Crippen molar-refractivity contribution in [2.75, 3.05) is 0 Å². The fourth-order valence-corrected chi connectivity index (χ4v) is 1.70. The smallest absolute Gasteiger partial charge is 0.162 e. The Balaban J connectivity index is 2.65. The third-order valence-corrected chi connectivity index (χ3v) is 3.16. The Morgan fingerprint density at radius 3 is 2.87 bits per heavy atom. The van der Waals surface area contributed by atoms with E-state index in [2.05, 4.69) is 22.5 Å². The van der Waals surface area contributed by atoms with E-state index in [0.717, 1.165) is 28.4 Å². The van der Waals surface area contributed by atoms with E-state index in [9.17, 15) is 4.79 Å². The van der Waals surface area contributed by atoms with Gasteiger partial charge in [-0.25, -0.2) is 0 Å². The summed E-state index contributed by atoms with van der Waals surface area (Å²) in [4.78, 5) is 11.7. The van der Waals surface area contributed by atoms with Crippen LogP contribution in [0.2, 0.25) is 0 Å². The summed E-state index contributed by atoms with van der Waals surface area (Å²) in [5.74, 6) is 0.206. The van der Waals surface area contributed by atoms with E-state index in [4.69, 9.17) is 0 Å². The molecule has 0 bridgehead atoms. The number of carbonyl (C=O) groups is 1. The molecule has 0 aliphatic carbocycles. The van der Waals surface area contributed by atoms with Crippen LogP contribution in [0.15, 0.2) is 35.3 Å². The van der Waals surface area contributed by atoms with Crippen molar-refractivity contribution in [3.8, 4) is 0 Å². The van der Waals surface area contributed by atoms with Crippen molar-refractivity contribution in [1.82, 2.24) is 0 Å². The Morgan fingerprint density at radius 1 is 1.53 bits per heavy atom. The average Bonchev–Trinajstić information content (AvgIpc) is 2.22. The van der Waals surface area contributed by atoms with Crippen molar-refractivity contribution in [2.45, 2.75) is 26.2 Å². The quantitative estimate of drug-likeness (QED) is 0.441. The van der Waals surface area contributed by atoms with E-state index in [1.165, 1.54) is 0 Å². The van der Waals surface area contributed by atoms with Crippen LogP contribution in [0.5, 0.6) is 0 Å². The summed E-state index contributed by atoms with van der Waals surface area (Å²) in [5, 5.41) is 0. The molecule has 0 heterocycles. The molecule has 0 amide bonds. The van der Waals surface area contributed by atoms with Gasteiger partial charge < -0.3 is 0 Å². The Kier molecular flexibility index (Phi) is 4.76. The molecule has 0 atom stereocenters. The topological polar surface area (TPSA) is 17.1 Å². The molecule has 0 fully saturated rings. The monoisotopic (exact) mass is 266 g/mol. The van der Waals surface area contributed by atoms with Crippen LogP contribution in [0.4, 0.5) is 0 Å². The first-order valence-electron chi connectivity index (χ1n) is 5.05. The number of unbranched alkanes of at least 4 members (excludes halogenated alkanes) is 1. The molecule has 0 aromatic heterocycles. The Bertz CT molecular complexity index is 369. The van der Waals surface area contributed by atoms with Gasteiger partial charge >= 0.3 is 0 Å². The van der Waals surface area contributed by atoms with Crippen molar-refractivity contribution in [3.63, 3.8) is 0 Å². The van der Waals surface area contributed by atoms with Gasteiger partial charge in [-0.15, -0.1) is 6.58 Å². The van der Waals surface area contributed by atoms with Crippen molar-refractivity contribution in [1.29, 1.82) is 0 Å². The van der Waals surface area contributed by atoms with Gasteiger partial charge in [-0.1, -0.05) is 34.1 Å². The minimum Gasteiger partial charge on any atom is -0.294 e. The van der Waals surface area contributed by atoms with Crippen LogP contribution in [0.3, 0.4) is 0 Å². The second-order valence-electron chi connectivity index (χ2n) is 3.57. The zero-order chi connectivity index (χ0) is 11.3. The average molecular weight is 267 g/mol. The van der Waals surface area contributed by atoms with E-state index in [1.54, 1.807) is 0 Å². The fraction of sp³-hybridized carbons (Fsp3) is 0.308. The minimum absolute atomic E-state index is 0.206. The lowest BCUT2D eigenvalue weighted by Gasteiger charge is -2.02. The molecule has 2 heteroatoms. The van der Waals surface area contributed by atoms with Gasteiger partial charge in [-0.2, -0.15) is 0 Å². The SMILES string of the molecule is C=CCCCC(=O)c1ccc(C)c(Br)c1. The highest BCUT2D eigenvalue weighted by Crippen LogP contribution is 2.18. The van der Waals surface area contributed by atoms with Gasteiger partial charge in [-0.3, -0.25) is 4.79 Å². The molecule has 1 aromatic carbocycles. The third-order valence-electron chi connectivity index (χ3n) is 2.31. The first-order valence-corrected chi connectivity index (χ1v) is 5.84. The summed E-state index contributed by atoms with van der Waals surface area (Å²) in [6.07, 6.45) is 4.23. The molecule has 0 saturated carbocycles. The predicted octanol–water partition coefficient (Wildman–Crippen LogP) is 4.30. The number of hydrogen-bond acceptors (Lipinski definition) is 1. The molecule has 0 spiro atoms. The van der Waals surface area contributed by atoms with Gasteiger partial charge in [0.15, 0.2) is 5.78 Å². The number of halogens is 1. The molecule has 1 rings (SSSR count). The predicted molar refractivity (Wildman–Crippen MR) is 67.3 cm³/mol. The first kappa shape index (κ1) is 12.2. The summed E-state index contributed by atoms with van der Waals surface area (Å²) >= 11 is 3.43. The van der Waals surface area contributed by atoms with Gasteiger partial charge in [0.05, 0.1) is 0 Å². The van der Waals surface area contributed by atoms with E-state index < -0.39 is 0 Å². The van der Waals surface area contributed by atoms with Crippen LogP contribution in [0.25, 0.3) is 0 Å². The van der Waals surface area contributed by atoms with Crippen LogP contribution in [-0.4, -0.2) is 5.78 Å². The van der Waals surface area contributed by atoms with Gasteiger partial charge in [-0.05, 0) is 31.4 Å². The third kappa shape index (κ3) is 3.63. The van der Waals surface area contributed by atoms with Crippen LogP contribution < -0.4 is 0 Å². The maximum Gasteiger partial charge on any atom is 0.162 e. The summed E-state index contributed by atoms with van der Waals surface area (Å²) < 4.78 is 0.997. The van der Waals surface area contributed by atoms with Crippen molar-refractivity contribution >= 4 is 21.7 Å². The lowest BCUT2D eigenvalue weighted by molar-refractivity contribution is 0.0980. The maximum atomic E-state index is 11.7. The van der Waals surface area contributed by atoms with Gasteiger partial charge in [0.25, 0.3) is 0 Å². The maximum absolute atomic E-state index is 11.7. The molecule has 0 aliphatic heterocycles. The van der Waals surface area contributed by atoms with Crippen molar-refractivity contribution in [2.24, 2.45) is 0 Å². The van der Waals surface area contributed by atoms with Crippen LogP contribution in [0, 0.1) is 6.92 Å². The first-order chi connectivity index (χ1) is 7.15. The minimum atomic E-state index is 0.206. The van der Waals surface area contributed by atoms with Gasteiger partial charge in [0, 0.05) is 16.5 Å². The Labute approximate surface area is 99.3 Å². The number of benzene rings is 1. The number of Topliss-reactive ketones (excluding diaryl/α,β-unsaturated/α-hetero) is 1. The van der Waals surface area contributed by atoms with E-state index in [-0.39, 0.29) is 5.78 Å². The molecular formula is C13H15BrO. The molecule has 80 valence electrons. The second-order valence-corrected chi connectivity index (χ2v) is 4.42. The zero-order valence-corrected chi connectivity index (χ0v) is 10.5. The zero-order valence-electron chi connectivity index (χ0n) is 8.92. The van der Waals surface area contributed by atoms with Gasteiger partial charge in [0.1, 0.15) is 0 Å². The van der Waals surface area contributed by atoms with E-state index in [0.29, 0.717) is 6.42 Å². The number of rotatable bonds is 5. The fourth-order valence-electron chi connectivity index (χ4n) is 1.32. The van der Waals surface area contributed by atoms with E-state index in [1.807, 2.05) is 31.2 Å². The van der Waals surface area contributed by atoms with Crippen molar-refractivity contribution in [3.05, 3.63) is 46.5 Å². The molecule has 0 saturated heterocycles. The normalized spacial score (nSPS) is 10.0.